The average Bonchev–Trinajstić information content (AvgIpc) is 2.97. The van der Waals surface area contributed by atoms with Gasteiger partial charge in [-0.1, -0.05) is 25.3 Å². The third kappa shape index (κ3) is 1.84. The van der Waals surface area contributed by atoms with E-state index in [1.165, 1.54) is 19.3 Å². The zero-order chi connectivity index (χ0) is 9.26. The van der Waals surface area contributed by atoms with E-state index in [0.29, 0.717) is 23.5 Å². The second-order valence-electron chi connectivity index (χ2n) is 4.48. The van der Waals surface area contributed by atoms with E-state index in [9.17, 15) is 4.79 Å². The zero-order valence-electron chi connectivity index (χ0n) is 8.17. The lowest BCUT2D eigenvalue weighted by molar-refractivity contribution is -0.125. The molecule has 0 saturated heterocycles. The molecule has 2 aliphatic rings. The van der Waals surface area contributed by atoms with Gasteiger partial charge < -0.3 is 0 Å². The first kappa shape index (κ1) is 8.98. The molecule has 1 heteroatoms. The number of hydrogen-bond acceptors (Lipinski definition) is 1. The molecule has 2 atom stereocenters. The van der Waals surface area contributed by atoms with Gasteiger partial charge in [-0.3, -0.25) is 4.79 Å². The number of Topliss-reactive ketones (excluding diaryl/α,β-unsaturated/α-hetero) is 1. The molecule has 0 N–H and O–H groups in total. The Bertz CT molecular complexity index is 213. The molecule has 0 aromatic carbocycles. The van der Waals surface area contributed by atoms with Crippen LogP contribution in [-0.2, 0) is 4.79 Å². The van der Waals surface area contributed by atoms with Gasteiger partial charge in [0.2, 0.25) is 0 Å². The fourth-order valence-electron chi connectivity index (χ4n) is 2.49. The van der Waals surface area contributed by atoms with Crippen molar-refractivity contribution in [3.63, 3.8) is 0 Å². The van der Waals surface area contributed by atoms with Crippen LogP contribution in [-0.4, -0.2) is 5.78 Å². The van der Waals surface area contributed by atoms with Crippen LogP contribution in [0.25, 0.3) is 0 Å². The number of allylic oxidation sites excluding steroid dienone is 1. The molecule has 0 radical (unpaired) electrons. The third-order valence-electron chi connectivity index (χ3n) is 3.52. The molecule has 0 aromatic heterocycles. The molecule has 1 nitrogen and oxygen atoms in total. The van der Waals surface area contributed by atoms with Crippen molar-refractivity contribution in [1.29, 1.82) is 0 Å². The van der Waals surface area contributed by atoms with Gasteiger partial charge in [0.05, 0.1) is 0 Å². The summed E-state index contributed by atoms with van der Waals surface area (Å²) >= 11 is 0. The highest BCUT2D eigenvalue weighted by Crippen LogP contribution is 2.43. The van der Waals surface area contributed by atoms with E-state index in [0.717, 1.165) is 19.3 Å². The van der Waals surface area contributed by atoms with Crippen LogP contribution in [0.2, 0.25) is 0 Å². The van der Waals surface area contributed by atoms with Crippen molar-refractivity contribution in [2.75, 3.05) is 0 Å². The van der Waals surface area contributed by atoms with Crippen molar-refractivity contribution in [2.45, 2.75) is 38.5 Å². The molecule has 2 fully saturated rings. The molecule has 0 aromatic rings. The number of carbonyl (C=O) groups excluding carboxylic acids is 1. The second kappa shape index (κ2) is 3.65. The van der Waals surface area contributed by atoms with Gasteiger partial charge in [-0.25, -0.2) is 0 Å². The molecule has 0 bridgehead atoms. The molecular weight excluding hydrogens is 160 g/mol. The van der Waals surface area contributed by atoms with Gasteiger partial charge >= 0.3 is 0 Å². The van der Waals surface area contributed by atoms with Gasteiger partial charge in [-0.2, -0.15) is 0 Å². The first-order valence-corrected chi connectivity index (χ1v) is 5.49. The van der Waals surface area contributed by atoms with E-state index >= 15 is 0 Å². The Balaban J connectivity index is 1.86. The summed E-state index contributed by atoms with van der Waals surface area (Å²) in [5.41, 5.74) is 0. The van der Waals surface area contributed by atoms with Crippen LogP contribution in [0.15, 0.2) is 12.7 Å². The van der Waals surface area contributed by atoms with Crippen molar-refractivity contribution in [3.05, 3.63) is 12.7 Å². The SMILES string of the molecule is C=C[C@H]1C[C@H]1C(=O)C1CCCCC1. The van der Waals surface area contributed by atoms with Gasteiger partial charge in [-0.15, -0.1) is 6.58 Å². The lowest BCUT2D eigenvalue weighted by Crippen LogP contribution is -2.19. The van der Waals surface area contributed by atoms with Crippen molar-refractivity contribution < 1.29 is 4.79 Å². The van der Waals surface area contributed by atoms with Gasteiger partial charge in [-0.05, 0) is 25.2 Å². The van der Waals surface area contributed by atoms with Crippen molar-refractivity contribution in [2.24, 2.45) is 17.8 Å². The van der Waals surface area contributed by atoms with Gasteiger partial charge in [0, 0.05) is 11.8 Å². The Morgan fingerprint density at radius 3 is 2.46 bits per heavy atom. The minimum atomic E-state index is 0.362. The minimum Gasteiger partial charge on any atom is -0.299 e. The summed E-state index contributed by atoms with van der Waals surface area (Å²) < 4.78 is 0. The average molecular weight is 178 g/mol. The zero-order valence-corrected chi connectivity index (χ0v) is 8.17. The largest absolute Gasteiger partial charge is 0.299 e. The Hall–Kier alpha value is -0.590. The van der Waals surface area contributed by atoms with Crippen LogP contribution in [0.5, 0.6) is 0 Å². The Morgan fingerprint density at radius 1 is 1.23 bits per heavy atom. The quantitative estimate of drug-likeness (QED) is 0.607. The van der Waals surface area contributed by atoms with Crippen molar-refractivity contribution >= 4 is 5.78 Å². The Morgan fingerprint density at radius 2 is 1.92 bits per heavy atom. The molecule has 2 aliphatic carbocycles. The van der Waals surface area contributed by atoms with Crippen LogP contribution < -0.4 is 0 Å². The number of ketones is 1. The summed E-state index contributed by atoms with van der Waals surface area (Å²) in [4.78, 5) is 11.9. The first-order chi connectivity index (χ1) is 6.33. The molecule has 2 rings (SSSR count). The highest BCUT2D eigenvalue weighted by Gasteiger charge is 2.43. The second-order valence-corrected chi connectivity index (χ2v) is 4.48. The summed E-state index contributed by atoms with van der Waals surface area (Å²) in [6.07, 6.45) is 9.20. The highest BCUT2D eigenvalue weighted by atomic mass is 16.1. The summed E-state index contributed by atoms with van der Waals surface area (Å²) in [5, 5.41) is 0. The lowest BCUT2D eigenvalue weighted by Gasteiger charge is -2.20. The smallest absolute Gasteiger partial charge is 0.139 e. The van der Waals surface area contributed by atoms with E-state index in [2.05, 4.69) is 6.58 Å². The van der Waals surface area contributed by atoms with Crippen molar-refractivity contribution in [3.8, 4) is 0 Å². The number of rotatable bonds is 3. The molecule has 0 unspecified atom stereocenters. The molecular formula is C12H18O. The van der Waals surface area contributed by atoms with E-state index < -0.39 is 0 Å². The molecule has 72 valence electrons. The van der Waals surface area contributed by atoms with E-state index in [4.69, 9.17) is 0 Å². The summed E-state index contributed by atoms with van der Waals surface area (Å²) in [6.45, 7) is 3.75. The maximum absolute atomic E-state index is 11.9. The fourth-order valence-corrected chi connectivity index (χ4v) is 2.49. The molecule has 2 saturated carbocycles. The van der Waals surface area contributed by atoms with Crippen LogP contribution in [0.1, 0.15) is 38.5 Å². The molecule has 0 heterocycles. The molecule has 13 heavy (non-hydrogen) atoms. The maximum Gasteiger partial charge on any atom is 0.139 e. The summed E-state index contributed by atoms with van der Waals surface area (Å²) in [6, 6.07) is 0. The standard InChI is InChI=1S/C12H18O/c1-2-9-8-11(9)12(13)10-6-4-3-5-7-10/h2,9-11H,1,3-8H2/t9-,11+/m0/s1. The van der Waals surface area contributed by atoms with Gasteiger partial charge in [0.1, 0.15) is 5.78 Å². The van der Waals surface area contributed by atoms with E-state index in [1.54, 1.807) is 0 Å². The first-order valence-electron chi connectivity index (χ1n) is 5.49. The summed E-state index contributed by atoms with van der Waals surface area (Å²) in [5.74, 6) is 1.84. The van der Waals surface area contributed by atoms with Crippen LogP contribution >= 0.6 is 0 Å². The van der Waals surface area contributed by atoms with Crippen LogP contribution in [0.3, 0.4) is 0 Å². The Labute approximate surface area is 80.2 Å². The number of hydrogen-bond donors (Lipinski definition) is 0. The molecule has 0 amide bonds. The Kier molecular flexibility index (Phi) is 2.52. The van der Waals surface area contributed by atoms with Crippen LogP contribution in [0.4, 0.5) is 0 Å². The predicted molar refractivity (Wildman–Crippen MR) is 53.4 cm³/mol. The monoisotopic (exact) mass is 178 g/mol. The molecule has 0 spiro atoms. The van der Waals surface area contributed by atoms with Gasteiger partial charge in [0.15, 0.2) is 0 Å². The van der Waals surface area contributed by atoms with Crippen molar-refractivity contribution in [1.82, 2.24) is 0 Å². The molecule has 0 aliphatic heterocycles. The predicted octanol–water partition coefficient (Wildman–Crippen LogP) is 2.96. The topological polar surface area (TPSA) is 17.1 Å². The lowest BCUT2D eigenvalue weighted by atomic mass is 9.84. The van der Waals surface area contributed by atoms with Gasteiger partial charge in [0.25, 0.3) is 0 Å². The third-order valence-corrected chi connectivity index (χ3v) is 3.52. The minimum absolute atomic E-state index is 0.362. The normalized spacial score (nSPS) is 34.2. The van der Waals surface area contributed by atoms with E-state index in [1.807, 2.05) is 6.08 Å². The fraction of sp³-hybridized carbons (Fsp3) is 0.750. The highest BCUT2D eigenvalue weighted by molar-refractivity contribution is 5.86. The van der Waals surface area contributed by atoms with E-state index in [-0.39, 0.29) is 0 Å². The summed E-state index contributed by atoms with van der Waals surface area (Å²) in [7, 11) is 0. The number of carbonyl (C=O) groups is 1. The maximum atomic E-state index is 11.9. The van der Waals surface area contributed by atoms with Crippen LogP contribution in [0, 0.1) is 17.8 Å².